The van der Waals surface area contributed by atoms with Gasteiger partial charge in [-0.15, -0.1) is 0 Å². The summed E-state index contributed by atoms with van der Waals surface area (Å²) in [5.74, 6) is -0.108. The second-order valence-corrected chi connectivity index (χ2v) is 7.95. The van der Waals surface area contributed by atoms with E-state index in [2.05, 4.69) is 19.1 Å². The van der Waals surface area contributed by atoms with Crippen molar-refractivity contribution in [2.45, 2.75) is 19.9 Å². The van der Waals surface area contributed by atoms with Crippen molar-refractivity contribution in [3.63, 3.8) is 0 Å². The number of carbonyl (C=O) groups excluding carboxylic acids is 1. The van der Waals surface area contributed by atoms with Crippen molar-refractivity contribution in [3.8, 4) is 0 Å². The van der Waals surface area contributed by atoms with Crippen molar-refractivity contribution in [2.24, 2.45) is 0 Å². The van der Waals surface area contributed by atoms with E-state index in [0.717, 1.165) is 22.2 Å². The SMILES string of the molecule is CCc1cccc2sc(N(Cc3ccccc3)C(=O)c3cccc(Cl)c3)nc12. The van der Waals surface area contributed by atoms with E-state index in [1.807, 2.05) is 36.4 Å². The van der Waals surface area contributed by atoms with Crippen LogP contribution in [0.2, 0.25) is 5.02 Å². The third-order valence-electron chi connectivity index (χ3n) is 4.60. The maximum Gasteiger partial charge on any atom is 0.260 e. The zero-order valence-corrected chi connectivity index (χ0v) is 17.0. The van der Waals surface area contributed by atoms with E-state index in [-0.39, 0.29) is 5.91 Å². The first-order chi connectivity index (χ1) is 13.7. The van der Waals surface area contributed by atoms with Crippen LogP contribution in [0.1, 0.15) is 28.4 Å². The average molecular weight is 407 g/mol. The number of nitrogens with zero attached hydrogens (tertiary/aromatic N) is 2. The number of thiazole rings is 1. The van der Waals surface area contributed by atoms with Crippen LogP contribution in [0, 0.1) is 0 Å². The zero-order chi connectivity index (χ0) is 19.5. The number of aromatic nitrogens is 1. The number of anilines is 1. The molecule has 28 heavy (non-hydrogen) atoms. The lowest BCUT2D eigenvalue weighted by atomic mass is 10.1. The van der Waals surface area contributed by atoms with Crippen LogP contribution in [0.25, 0.3) is 10.2 Å². The first-order valence-corrected chi connectivity index (χ1v) is 10.3. The Morgan fingerprint density at radius 3 is 2.57 bits per heavy atom. The van der Waals surface area contributed by atoms with Gasteiger partial charge in [0, 0.05) is 10.6 Å². The van der Waals surface area contributed by atoms with Crippen LogP contribution in [0.5, 0.6) is 0 Å². The number of para-hydroxylation sites is 1. The number of hydrogen-bond donors (Lipinski definition) is 0. The molecule has 0 spiro atoms. The number of halogens is 1. The van der Waals surface area contributed by atoms with E-state index in [1.54, 1.807) is 40.5 Å². The first kappa shape index (κ1) is 18.7. The van der Waals surface area contributed by atoms with E-state index < -0.39 is 0 Å². The van der Waals surface area contributed by atoms with Gasteiger partial charge < -0.3 is 0 Å². The average Bonchev–Trinajstić information content (AvgIpc) is 3.16. The van der Waals surface area contributed by atoms with Gasteiger partial charge in [0.15, 0.2) is 5.13 Å². The van der Waals surface area contributed by atoms with Crippen LogP contribution in [0.15, 0.2) is 72.8 Å². The molecule has 0 radical (unpaired) electrons. The van der Waals surface area contributed by atoms with Crippen LogP contribution in [-0.4, -0.2) is 10.9 Å². The molecular formula is C23H19ClN2OS. The number of rotatable bonds is 5. The summed E-state index contributed by atoms with van der Waals surface area (Å²) in [5.41, 5.74) is 3.77. The summed E-state index contributed by atoms with van der Waals surface area (Å²) in [6.07, 6.45) is 0.904. The van der Waals surface area contributed by atoms with Crippen molar-refractivity contribution in [3.05, 3.63) is 94.5 Å². The van der Waals surface area contributed by atoms with Gasteiger partial charge in [-0.25, -0.2) is 4.98 Å². The standard InChI is InChI=1S/C23H19ClN2OS/c1-2-17-10-7-13-20-21(17)25-23(28-20)26(15-16-8-4-3-5-9-16)22(27)18-11-6-12-19(24)14-18/h3-14H,2,15H2,1H3. The molecular weight excluding hydrogens is 388 g/mol. The van der Waals surface area contributed by atoms with Crippen molar-refractivity contribution in [2.75, 3.05) is 4.90 Å². The fraction of sp³-hybridized carbons (Fsp3) is 0.130. The molecule has 140 valence electrons. The summed E-state index contributed by atoms with van der Waals surface area (Å²) in [7, 11) is 0. The number of amides is 1. The number of aryl methyl sites for hydroxylation is 1. The molecule has 0 bridgehead atoms. The lowest BCUT2D eigenvalue weighted by molar-refractivity contribution is 0.0985. The van der Waals surface area contributed by atoms with Gasteiger partial charge in [-0.05, 0) is 41.8 Å². The molecule has 0 N–H and O–H groups in total. The molecule has 1 amide bonds. The summed E-state index contributed by atoms with van der Waals surface area (Å²) in [6, 6.07) is 23.2. The second-order valence-electron chi connectivity index (χ2n) is 6.50. The van der Waals surface area contributed by atoms with Crippen LogP contribution >= 0.6 is 22.9 Å². The highest BCUT2D eigenvalue weighted by Crippen LogP contribution is 2.33. The van der Waals surface area contributed by atoms with Crippen LogP contribution in [0.4, 0.5) is 5.13 Å². The minimum atomic E-state index is -0.108. The van der Waals surface area contributed by atoms with Gasteiger partial charge in [-0.1, -0.05) is 78.4 Å². The Hall–Kier alpha value is -2.69. The maximum atomic E-state index is 13.4. The van der Waals surface area contributed by atoms with Gasteiger partial charge in [0.1, 0.15) is 0 Å². The summed E-state index contributed by atoms with van der Waals surface area (Å²) < 4.78 is 1.09. The fourth-order valence-corrected chi connectivity index (χ4v) is 4.37. The fourth-order valence-electron chi connectivity index (χ4n) is 3.16. The molecule has 0 fully saturated rings. The minimum absolute atomic E-state index is 0.108. The molecule has 0 unspecified atom stereocenters. The quantitative estimate of drug-likeness (QED) is 0.386. The van der Waals surface area contributed by atoms with Gasteiger partial charge in [0.05, 0.1) is 16.8 Å². The Morgan fingerprint density at radius 2 is 1.82 bits per heavy atom. The van der Waals surface area contributed by atoms with E-state index in [1.165, 1.54) is 5.56 Å². The van der Waals surface area contributed by atoms with Gasteiger partial charge in [-0.3, -0.25) is 9.69 Å². The first-order valence-electron chi connectivity index (χ1n) is 9.15. The summed E-state index contributed by atoms with van der Waals surface area (Å²) in [5, 5.41) is 1.24. The highest BCUT2D eigenvalue weighted by molar-refractivity contribution is 7.22. The predicted molar refractivity (Wildman–Crippen MR) is 117 cm³/mol. The highest BCUT2D eigenvalue weighted by Gasteiger charge is 2.22. The van der Waals surface area contributed by atoms with Crippen LogP contribution in [0.3, 0.4) is 0 Å². The van der Waals surface area contributed by atoms with E-state index in [0.29, 0.717) is 22.3 Å². The molecule has 4 rings (SSSR count). The van der Waals surface area contributed by atoms with Gasteiger partial charge in [0.2, 0.25) is 0 Å². The minimum Gasteiger partial charge on any atom is -0.279 e. The molecule has 4 aromatic rings. The number of carbonyl (C=O) groups is 1. The predicted octanol–water partition coefficient (Wildman–Crippen LogP) is 6.36. The largest absolute Gasteiger partial charge is 0.279 e. The summed E-state index contributed by atoms with van der Waals surface area (Å²) in [6.45, 7) is 2.57. The smallest absolute Gasteiger partial charge is 0.260 e. The lowest BCUT2D eigenvalue weighted by Gasteiger charge is -2.20. The second kappa shape index (κ2) is 8.13. The summed E-state index contributed by atoms with van der Waals surface area (Å²) >= 11 is 7.66. The highest BCUT2D eigenvalue weighted by atomic mass is 35.5. The van der Waals surface area contributed by atoms with Crippen LogP contribution in [-0.2, 0) is 13.0 Å². The summed E-state index contributed by atoms with van der Waals surface area (Å²) in [4.78, 5) is 19.9. The monoisotopic (exact) mass is 406 g/mol. The van der Waals surface area contributed by atoms with Gasteiger partial charge >= 0.3 is 0 Å². The van der Waals surface area contributed by atoms with E-state index in [4.69, 9.17) is 16.6 Å². The molecule has 0 saturated carbocycles. The molecule has 1 heterocycles. The Kier molecular flexibility index (Phi) is 5.42. The molecule has 0 aliphatic carbocycles. The van der Waals surface area contributed by atoms with Crippen molar-refractivity contribution < 1.29 is 4.79 Å². The number of benzene rings is 3. The molecule has 0 saturated heterocycles. The third kappa shape index (κ3) is 3.79. The lowest BCUT2D eigenvalue weighted by Crippen LogP contribution is -2.30. The van der Waals surface area contributed by atoms with Crippen molar-refractivity contribution in [1.82, 2.24) is 4.98 Å². The topological polar surface area (TPSA) is 33.2 Å². The molecule has 1 aromatic heterocycles. The van der Waals surface area contributed by atoms with Crippen LogP contribution < -0.4 is 4.90 Å². The zero-order valence-electron chi connectivity index (χ0n) is 15.4. The molecule has 5 heteroatoms. The van der Waals surface area contributed by atoms with Gasteiger partial charge in [0.25, 0.3) is 5.91 Å². The van der Waals surface area contributed by atoms with Gasteiger partial charge in [-0.2, -0.15) is 0 Å². The Bertz CT molecular complexity index is 1120. The maximum absolute atomic E-state index is 13.4. The molecule has 0 aliphatic heterocycles. The Labute approximate surface area is 173 Å². The number of fused-ring (bicyclic) bond motifs is 1. The molecule has 0 atom stereocenters. The molecule has 3 aromatic carbocycles. The third-order valence-corrected chi connectivity index (χ3v) is 5.88. The normalized spacial score (nSPS) is 10.9. The molecule has 0 aliphatic rings. The van der Waals surface area contributed by atoms with Crippen molar-refractivity contribution >= 4 is 44.2 Å². The van der Waals surface area contributed by atoms with E-state index in [9.17, 15) is 4.79 Å². The Balaban J connectivity index is 1.79. The Morgan fingerprint density at radius 1 is 1.04 bits per heavy atom. The molecule has 3 nitrogen and oxygen atoms in total. The number of hydrogen-bond acceptors (Lipinski definition) is 3. The van der Waals surface area contributed by atoms with Crippen molar-refractivity contribution in [1.29, 1.82) is 0 Å². The van der Waals surface area contributed by atoms with E-state index >= 15 is 0 Å².